The molecule has 2 aliphatic rings. The summed E-state index contributed by atoms with van der Waals surface area (Å²) in [6, 6.07) is 16.9. The lowest BCUT2D eigenvalue weighted by Gasteiger charge is -2.34. The van der Waals surface area contributed by atoms with Crippen molar-refractivity contribution in [2.45, 2.75) is 31.7 Å². The standard InChI is InChI=1S/C24H30N2O2/c1-25-15-12-18(13-16-25)24(27)26-14-6-11-23(26)22-10-4-3-9-21(22)19-7-5-8-20(17-19)28-2/h3-5,7-10,17-18,23H,6,11-16H2,1-2H3/t23-/m1/s1. The minimum absolute atomic E-state index is 0.176. The third-order valence-electron chi connectivity index (χ3n) is 6.30. The molecule has 2 aromatic rings. The molecule has 28 heavy (non-hydrogen) atoms. The molecule has 0 spiro atoms. The van der Waals surface area contributed by atoms with Crippen LogP contribution < -0.4 is 4.74 Å². The lowest BCUT2D eigenvalue weighted by Crippen LogP contribution is -2.41. The predicted molar refractivity (Wildman–Crippen MR) is 112 cm³/mol. The number of likely N-dealkylation sites (tertiary alicyclic amines) is 2. The van der Waals surface area contributed by atoms with Gasteiger partial charge in [0.25, 0.3) is 0 Å². The molecule has 0 aromatic heterocycles. The molecule has 2 saturated heterocycles. The van der Waals surface area contributed by atoms with E-state index in [0.717, 1.165) is 56.6 Å². The molecule has 0 saturated carbocycles. The van der Waals surface area contributed by atoms with Crippen LogP contribution in [0.3, 0.4) is 0 Å². The Hall–Kier alpha value is -2.33. The second-order valence-electron chi connectivity index (χ2n) is 8.09. The summed E-state index contributed by atoms with van der Waals surface area (Å²) in [5, 5.41) is 0. The molecule has 1 atom stereocenters. The zero-order chi connectivity index (χ0) is 19.5. The molecule has 4 nitrogen and oxygen atoms in total. The maximum atomic E-state index is 13.3. The Morgan fingerprint density at radius 1 is 1.00 bits per heavy atom. The molecular formula is C24H30N2O2. The van der Waals surface area contributed by atoms with E-state index in [4.69, 9.17) is 4.74 Å². The summed E-state index contributed by atoms with van der Waals surface area (Å²) in [7, 11) is 3.84. The Morgan fingerprint density at radius 3 is 2.57 bits per heavy atom. The van der Waals surface area contributed by atoms with Gasteiger partial charge in [0.15, 0.2) is 0 Å². The van der Waals surface area contributed by atoms with E-state index in [2.05, 4.69) is 53.2 Å². The van der Waals surface area contributed by atoms with E-state index in [1.807, 2.05) is 12.1 Å². The monoisotopic (exact) mass is 378 g/mol. The van der Waals surface area contributed by atoms with Crippen LogP contribution in [0.4, 0.5) is 0 Å². The quantitative estimate of drug-likeness (QED) is 0.792. The van der Waals surface area contributed by atoms with Crippen LogP contribution in [0.1, 0.15) is 37.3 Å². The number of ether oxygens (including phenoxy) is 1. The Balaban J connectivity index is 1.62. The van der Waals surface area contributed by atoms with Gasteiger partial charge >= 0.3 is 0 Å². The molecule has 2 fully saturated rings. The van der Waals surface area contributed by atoms with Crippen molar-refractivity contribution in [3.63, 3.8) is 0 Å². The van der Waals surface area contributed by atoms with Crippen molar-refractivity contribution >= 4 is 5.91 Å². The van der Waals surface area contributed by atoms with Gasteiger partial charge in [-0.3, -0.25) is 4.79 Å². The van der Waals surface area contributed by atoms with Gasteiger partial charge in [0.05, 0.1) is 13.2 Å². The maximum Gasteiger partial charge on any atom is 0.226 e. The second-order valence-corrected chi connectivity index (χ2v) is 8.09. The highest BCUT2D eigenvalue weighted by atomic mass is 16.5. The zero-order valence-electron chi connectivity index (χ0n) is 16.9. The van der Waals surface area contributed by atoms with Crippen LogP contribution in [0.5, 0.6) is 5.75 Å². The molecule has 4 rings (SSSR count). The third kappa shape index (κ3) is 3.79. The van der Waals surface area contributed by atoms with Crippen LogP contribution in [0.15, 0.2) is 48.5 Å². The molecule has 0 unspecified atom stereocenters. The minimum Gasteiger partial charge on any atom is -0.497 e. The van der Waals surface area contributed by atoms with Crippen molar-refractivity contribution in [3.8, 4) is 16.9 Å². The summed E-state index contributed by atoms with van der Waals surface area (Å²) in [4.78, 5) is 17.8. The number of nitrogens with zero attached hydrogens (tertiary/aromatic N) is 2. The number of amides is 1. The van der Waals surface area contributed by atoms with E-state index in [1.165, 1.54) is 11.1 Å². The smallest absolute Gasteiger partial charge is 0.226 e. The van der Waals surface area contributed by atoms with Crippen LogP contribution >= 0.6 is 0 Å². The Morgan fingerprint density at radius 2 is 1.79 bits per heavy atom. The highest BCUT2D eigenvalue weighted by molar-refractivity contribution is 5.80. The minimum atomic E-state index is 0.176. The molecule has 148 valence electrons. The van der Waals surface area contributed by atoms with E-state index in [1.54, 1.807) is 7.11 Å². The number of piperidine rings is 1. The van der Waals surface area contributed by atoms with Crippen LogP contribution in [0, 0.1) is 5.92 Å². The first-order valence-electron chi connectivity index (χ1n) is 10.4. The summed E-state index contributed by atoms with van der Waals surface area (Å²) in [6.07, 6.45) is 4.08. The third-order valence-corrected chi connectivity index (χ3v) is 6.30. The number of hydrogen-bond acceptors (Lipinski definition) is 3. The molecule has 1 amide bonds. The average molecular weight is 379 g/mol. The van der Waals surface area contributed by atoms with Crippen molar-refractivity contribution in [1.29, 1.82) is 0 Å². The van der Waals surface area contributed by atoms with Gasteiger partial charge in [-0.15, -0.1) is 0 Å². The fourth-order valence-electron chi connectivity index (χ4n) is 4.68. The van der Waals surface area contributed by atoms with Gasteiger partial charge in [-0.2, -0.15) is 0 Å². The maximum absolute atomic E-state index is 13.3. The van der Waals surface area contributed by atoms with E-state index in [9.17, 15) is 4.79 Å². The first-order valence-corrected chi connectivity index (χ1v) is 10.4. The van der Waals surface area contributed by atoms with Crippen LogP contribution in [-0.2, 0) is 4.79 Å². The molecule has 0 bridgehead atoms. The van der Waals surface area contributed by atoms with Gasteiger partial charge in [-0.25, -0.2) is 0 Å². The molecule has 2 aliphatic heterocycles. The lowest BCUT2D eigenvalue weighted by molar-refractivity contribution is -0.137. The topological polar surface area (TPSA) is 32.8 Å². The highest BCUT2D eigenvalue weighted by Crippen LogP contribution is 2.39. The van der Waals surface area contributed by atoms with Gasteiger partial charge in [0.1, 0.15) is 5.75 Å². The van der Waals surface area contributed by atoms with Gasteiger partial charge in [-0.05, 0) is 74.6 Å². The lowest BCUT2D eigenvalue weighted by atomic mass is 9.91. The van der Waals surface area contributed by atoms with Crippen LogP contribution in [0.2, 0.25) is 0 Å². The average Bonchev–Trinajstić information content (AvgIpc) is 3.23. The highest BCUT2D eigenvalue weighted by Gasteiger charge is 2.35. The van der Waals surface area contributed by atoms with E-state index >= 15 is 0 Å². The number of methoxy groups -OCH3 is 1. The molecule has 0 aliphatic carbocycles. The number of carbonyl (C=O) groups is 1. The van der Waals surface area contributed by atoms with Gasteiger partial charge in [-0.1, -0.05) is 36.4 Å². The summed E-state index contributed by atoms with van der Waals surface area (Å²) in [5.41, 5.74) is 3.61. The Labute approximate surface area is 168 Å². The fourth-order valence-corrected chi connectivity index (χ4v) is 4.68. The van der Waals surface area contributed by atoms with Crippen molar-refractivity contribution in [1.82, 2.24) is 9.80 Å². The fraction of sp³-hybridized carbons (Fsp3) is 0.458. The van der Waals surface area contributed by atoms with E-state index < -0.39 is 0 Å². The van der Waals surface area contributed by atoms with Gasteiger partial charge < -0.3 is 14.5 Å². The number of hydrogen-bond donors (Lipinski definition) is 0. The van der Waals surface area contributed by atoms with Crippen LogP contribution in [0.25, 0.3) is 11.1 Å². The summed E-state index contributed by atoms with van der Waals surface area (Å²) >= 11 is 0. The molecule has 0 N–H and O–H groups in total. The number of benzene rings is 2. The molecule has 0 radical (unpaired) electrons. The Kier molecular flexibility index (Phi) is 5.67. The normalized spacial score (nSPS) is 21.1. The SMILES string of the molecule is COc1cccc(-c2ccccc2[C@H]2CCCN2C(=O)C2CCN(C)CC2)c1. The Bertz CT molecular complexity index is 827. The first kappa shape index (κ1) is 19.0. The van der Waals surface area contributed by atoms with Gasteiger partial charge in [0, 0.05) is 12.5 Å². The number of rotatable bonds is 4. The summed E-state index contributed by atoms with van der Waals surface area (Å²) < 4.78 is 5.42. The van der Waals surface area contributed by atoms with Crippen LogP contribution in [-0.4, -0.2) is 49.5 Å². The number of carbonyl (C=O) groups excluding carboxylic acids is 1. The predicted octanol–water partition coefficient (Wildman–Crippen LogP) is 4.37. The van der Waals surface area contributed by atoms with E-state index in [0.29, 0.717) is 5.91 Å². The zero-order valence-corrected chi connectivity index (χ0v) is 16.9. The molecule has 2 heterocycles. The molecule has 4 heteroatoms. The molecular weight excluding hydrogens is 348 g/mol. The largest absolute Gasteiger partial charge is 0.497 e. The van der Waals surface area contributed by atoms with Crippen molar-refractivity contribution in [2.75, 3.05) is 33.8 Å². The second kappa shape index (κ2) is 8.36. The summed E-state index contributed by atoms with van der Waals surface area (Å²) in [6.45, 7) is 2.92. The summed E-state index contributed by atoms with van der Waals surface area (Å²) in [5.74, 6) is 1.40. The molecule has 2 aromatic carbocycles. The van der Waals surface area contributed by atoms with Crippen molar-refractivity contribution < 1.29 is 9.53 Å². The van der Waals surface area contributed by atoms with E-state index in [-0.39, 0.29) is 12.0 Å². The van der Waals surface area contributed by atoms with Gasteiger partial charge in [0.2, 0.25) is 5.91 Å². The van der Waals surface area contributed by atoms with Crippen molar-refractivity contribution in [2.24, 2.45) is 5.92 Å². The van der Waals surface area contributed by atoms with Crippen molar-refractivity contribution in [3.05, 3.63) is 54.1 Å². The first-order chi connectivity index (χ1) is 13.7.